The van der Waals surface area contributed by atoms with Gasteiger partial charge in [-0.25, -0.2) is 0 Å². The van der Waals surface area contributed by atoms with E-state index in [0.29, 0.717) is 6.42 Å². The summed E-state index contributed by atoms with van der Waals surface area (Å²) in [5.74, 6) is 0.113. The third kappa shape index (κ3) is 1.08. The molecular weight excluding hydrogens is 254 g/mol. The standard InChI is InChI=1S/C15H15N3O2/c1-14-7-15(2,13(19)20)11(18-8-16-17-12(14)18)9-5-3-4-6-10(9)14/h3-6,8,11H,7H2,1-2H3,(H,19,20). The van der Waals surface area contributed by atoms with Crippen molar-refractivity contribution >= 4 is 5.97 Å². The van der Waals surface area contributed by atoms with E-state index in [-0.39, 0.29) is 6.04 Å². The molecule has 0 saturated carbocycles. The molecular formula is C15H15N3O2. The van der Waals surface area contributed by atoms with Crippen LogP contribution in [0.25, 0.3) is 0 Å². The molecule has 1 aliphatic carbocycles. The van der Waals surface area contributed by atoms with Crippen LogP contribution in [0.15, 0.2) is 30.6 Å². The lowest BCUT2D eigenvalue weighted by Gasteiger charge is -2.53. The quantitative estimate of drug-likeness (QED) is 0.859. The van der Waals surface area contributed by atoms with Crippen molar-refractivity contribution in [2.45, 2.75) is 31.7 Å². The highest BCUT2D eigenvalue weighted by atomic mass is 16.4. The first-order valence-corrected chi connectivity index (χ1v) is 6.71. The van der Waals surface area contributed by atoms with E-state index in [1.165, 1.54) is 5.56 Å². The lowest BCUT2D eigenvalue weighted by atomic mass is 9.55. The molecule has 20 heavy (non-hydrogen) atoms. The number of hydrogen-bond acceptors (Lipinski definition) is 3. The SMILES string of the molecule is CC12CC(C)(C(=O)O)C(c3ccccc31)n1cnnc12. The van der Waals surface area contributed by atoms with Gasteiger partial charge in [0, 0.05) is 0 Å². The van der Waals surface area contributed by atoms with Crippen LogP contribution in [0, 0.1) is 5.41 Å². The van der Waals surface area contributed by atoms with E-state index in [0.717, 1.165) is 11.4 Å². The van der Waals surface area contributed by atoms with Gasteiger partial charge in [0.2, 0.25) is 0 Å². The fourth-order valence-corrected chi connectivity index (χ4v) is 4.18. The molecule has 0 amide bonds. The Labute approximate surface area is 116 Å². The number of benzene rings is 1. The number of carbonyl (C=O) groups is 1. The molecule has 102 valence electrons. The van der Waals surface area contributed by atoms with Crippen molar-refractivity contribution in [1.29, 1.82) is 0 Å². The van der Waals surface area contributed by atoms with E-state index >= 15 is 0 Å². The number of hydrogen-bond donors (Lipinski definition) is 1. The van der Waals surface area contributed by atoms with Crippen LogP contribution in [0.1, 0.15) is 43.3 Å². The van der Waals surface area contributed by atoms with Gasteiger partial charge in [0.1, 0.15) is 12.2 Å². The Balaban J connectivity index is 2.11. The molecule has 3 heterocycles. The first-order chi connectivity index (χ1) is 9.48. The van der Waals surface area contributed by atoms with Gasteiger partial charge in [-0.15, -0.1) is 10.2 Å². The highest BCUT2D eigenvalue weighted by Crippen LogP contribution is 2.59. The Kier molecular flexibility index (Phi) is 1.91. The minimum atomic E-state index is -0.835. The normalized spacial score (nSPS) is 33.6. The lowest BCUT2D eigenvalue weighted by Crippen LogP contribution is -2.54. The highest BCUT2D eigenvalue weighted by Gasteiger charge is 2.60. The molecule has 5 heteroatoms. The van der Waals surface area contributed by atoms with E-state index in [1.54, 1.807) is 6.33 Å². The molecule has 1 aromatic heterocycles. The molecule has 3 atom stereocenters. The Morgan fingerprint density at radius 1 is 1.40 bits per heavy atom. The molecule has 0 saturated heterocycles. The zero-order valence-corrected chi connectivity index (χ0v) is 11.4. The summed E-state index contributed by atoms with van der Waals surface area (Å²) in [6, 6.07) is 7.85. The lowest BCUT2D eigenvalue weighted by molar-refractivity contribution is -0.153. The van der Waals surface area contributed by atoms with Crippen LogP contribution in [-0.4, -0.2) is 25.8 Å². The Hall–Kier alpha value is -2.17. The van der Waals surface area contributed by atoms with Crippen molar-refractivity contribution in [1.82, 2.24) is 14.8 Å². The van der Waals surface area contributed by atoms with Crippen molar-refractivity contribution in [2.75, 3.05) is 0 Å². The predicted molar refractivity (Wildman–Crippen MR) is 71.4 cm³/mol. The average molecular weight is 269 g/mol. The maximum atomic E-state index is 11.9. The Bertz CT molecular complexity index is 738. The number of nitrogens with zero attached hydrogens (tertiary/aromatic N) is 3. The second-order valence-electron chi connectivity index (χ2n) is 6.28. The maximum absolute atomic E-state index is 11.9. The van der Waals surface area contributed by atoms with Crippen molar-refractivity contribution in [3.63, 3.8) is 0 Å². The zero-order valence-electron chi connectivity index (χ0n) is 11.4. The first kappa shape index (κ1) is 11.6. The van der Waals surface area contributed by atoms with Crippen LogP contribution in [0.4, 0.5) is 0 Å². The maximum Gasteiger partial charge on any atom is 0.311 e. The number of carboxylic acids is 1. The third-order valence-corrected chi connectivity index (χ3v) is 5.01. The van der Waals surface area contributed by atoms with Gasteiger partial charge in [0.25, 0.3) is 0 Å². The molecule has 0 radical (unpaired) electrons. The van der Waals surface area contributed by atoms with Gasteiger partial charge in [-0.3, -0.25) is 4.79 Å². The Morgan fingerprint density at radius 3 is 2.90 bits per heavy atom. The average Bonchev–Trinajstić information content (AvgIpc) is 2.89. The van der Waals surface area contributed by atoms with Crippen LogP contribution in [0.3, 0.4) is 0 Å². The number of rotatable bonds is 1. The number of fused-ring (bicyclic) bond motifs is 1. The minimum Gasteiger partial charge on any atom is -0.481 e. The van der Waals surface area contributed by atoms with Crippen molar-refractivity contribution in [3.8, 4) is 0 Å². The molecule has 5 rings (SSSR count). The monoisotopic (exact) mass is 269 g/mol. The molecule has 1 N–H and O–H groups in total. The highest BCUT2D eigenvalue weighted by molar-refractivity contribution is 5.78. The summed E-state index contributed by atoms with van der Waals surface area (Å²) < 4.78 is 1.94. The van der Waals surface area contributed by atoms with Crippen LogP contribution in [0.2, 0.25) is 0 Å². The molecule has 0 spiro atoms. The van der Waals surface area contributed by atoms with Gasteiger partial charge < -0.3 is 9.67 Å². The van der Waals surface area contributed by atoms with Crippen molar-refractivity contribution in [2.24, 2.45) is 5.41 Å². The van der Waals surface area contributed by atoms with Gasteiger partial charge in [0.15, 0.2) is 0 Å². The van der Waals surface area contributed by atoms with E-state index in [2.05, 4.69) is 23.2 Å². The van der Waals surface area contributed by atoms with Gasteiger partial charge in [0.05, 0.1) is 16.9 Å². The summed E-state index contributed by atoms with van der Waals surface area (Å²) in [5.41, 5.74) is 1.04. The van der Waals surface area contributed by atoms with Gasteiger partial charge in [-0.1, -0.05) is 24.3 Å². The molecule has 1 aromatic carbocycles. The molecule has 5 nitrogen and oxygen atoms in total. The fraction of sp³-hybridized carbons (Fsp3) is 0.400. The fourth-order valence-electron chi connectivity index (χ4n) is 4.18. The van der Waals surface area contributed by atoms with Crippen LogP contribution in [0.5, 0.6) is 0 Å². The second kappa shape index (κ2) is 3.29. The van der Waals surface area contributed by atoms with E-state index < -0.39 is 16.8 Å². The van der Waals surface area contributed by atoms with Gasteiger partial charge in [-0.05, 0) is 31.4 Å². The molecule has 2 bridgehead atoms. The van der Waals surface area contributed by atoms with Crippen LogP contribution in [-0.2, 0) is 10.2 Å². The third-order valence-electron chi connectivity index (χ3n) is 5.01. The topological polar surface area (TPSA) is 68.0 Å². The van der Waals surface area contributed by atoms with E-state index in [1.807, 2.05) is 29.7 Å². The summed E-state index contributed by atoms with van der Waals surface area (Å²) in [5, 5.41) is 18.0. The summed E-state index contributed by atoms with van der Waals surface area (Å²) in [7, 11) is 0. The number of aromatic nitrogens is 3. The van der Waals surface area contributed by atoms with Crippen LogP contribution < -0.4 is 0 Å². The summed E-state index contributed by atoms with van der Waals surface area (Å²) in [4.78, 5) is 11.9. The molecule has 0 fully saturated rings. The van der Waals surface area contributed by atoms with Crippen molar-refractivity contribution < 1.29 is 9.90 Å². The Morgan fingerprint density at radius 2 is 2.15 bits per heavy atom. The van der Waals surface area contributed by atoms with Crippen LogP contribution >= 0.6 is 0 Å². The molecule has 3 unspecified atom stereocenters. The van der Waals surface area contributed by atoms with Gasteiger partial charge in [-0.2, -0.15) is 0 Å². The molecule has 2 aliphatic heterocycles. The smallest absolute Gasteiger partial charge is 0.311 e. The van der Waals surface area contributed by atoms with Gasteiger partial charge >= 0.3 is 5.97 Å². The molecule has 2 aromatic rings. The summed E-state index contributed by atoms with van der Waals surface area (Å²) in [6.45, 7) is 3.90. The second-order valence-corrected chi connectivity index (χ2v) is 6.28. The first-order valence-electron chi connectivity index (χ1n) is 6.71. The summed E-state index contributed by atoms with van der Waals surface area (Å²) >= 11 is 0. The number of aliphatic carboxylic acids is 1. The number of carboxylic acid groups (broad SMARTS) is 1. The largest absolute Gasteiger partial charge is 0.481 e. The van der Waals surface area contributed by atoms with Crippen molar-refractivity contribution in [3.05, 3.63) is 47.5 Å². The van der Waals surface area contributed by atoms with E-state index in [4.69, 9.17) is 0 Å². The minimum absolute atomic E-state index is 0.233. The summed E-state index contributed by atoms with van der Waals surface area (Å²) in [6.07, 6.45) is 2.21. The molecule has 3 aliphatic rings. The van der Waals surface area contributed by atoms with E-state index in [9.17, 15) is 9.90 Å². The zero-order chi connectivity index (χ0) is 14.1. The predicted octanol–water partition coefficient (Wildman–Crippen LogP) is 1.98.